The third-order valence-electron chi connectivity index (χ3n) is 3.17. The van der Waals surface area contributed by atoms with Gasteiger partial charge >= 0.3 is 0 Å². The van der Waals surface area contributed by atoms with Crippen molar-refractivity contribution < 1.29 is 9.53 Å². The van der Waals surface area contributed by atoms with Crippen LogP contribution in [0.5, 0.6) is 5.75 Å². The number of rotatable bonds is 3. The monoisotopic (exact) mass is 246 g/mol. The summed E-state index contributed by atoms with van der Waals surface area (Å²) >= 11 is 0. The number of nitrogens with one attached hydrogen (secondary N) is 1. The minimum Gasteiger partial charge on any atom is -0.496 e. The predicted octanol–water partition coefficient (Wildman–Crippen LogP) is 1.56. The lowest BCUT2D eigenvalue weighted by Crippen LogP contribution is -2.30. The van der Waals surface area contributed by atoms with Gasteiger partial charge in [0.05, 0.1) is 7.11 Å². The lowest BCUT2D eigenvalue weighted by Gasteiger charge is -2.22. The van der Waals surface area contributed by atoms with Gasteiger partial charge in [0.1, 0.15) is 5.75 Å². The van der Waals surface area contributed by atoms with Crippen molar-refractivity contribution in [2.75, 3.05) is 13.7 Å². The van der Waals surface area contributed by atoms with E-state index in [1.54, 1.807) is 19.2 Å². The van der Waals surface area contributed by atoms with Gasteiger partial charge in [-0.1, -0.05) is 6.08 Å². The molecule has 0 saturated carbocycles. The highest BCUT2D eigenvalue weighted by Gasteiger charge is 2.16. The first-order valence-corrected chi connectivity index (χ1v) is 6.02. The number of hydrogen-bond acceptors (Lipinski definition) is 3. The Morgan fingerprint density at radius 3 is 2.89 bits per heavy atom. The van der Waals surface area contributed by atoms with Crippen molar-refractivity contribution in [1.82, 2.24) is 5.32 Å². The van der Waals surface area contributed by atoms with Gasteiger partial charge in [0.15, 0.2) is 0 Å². The van der Waals surface area contributed by atoms with Gasteiger partial charge in [-0.2, -0.15) is 0 Å². The maximum absolute atomic E-state index is 11.2. The third kappa shape index (κ3) is 2.54. The Labute approximate surface area is 107 Å². The Morgan fingerprint density at radius 2 is 2.28 bits per heavy atom. The molecule has 3 N–H and O–H groups in total. The van der Waals surface area contributed by atoms with Crippen LogP contribution in [-0.4, -0.2) is 25.6 Å². The zero-order valence-electron chi connectivity index (χ0n) is 10.7. The lowest BCUT2D eigenvalue weighted by atomic mass is 9.94. The standard InChI is InChI=1S/C14H18N2O2/c1-9-7-10(5-6-16-9)12-8-11(14(15)17)3-4-13(12)18-2/h3-5,8-9,16H,6-7H2,1-2H3,(H2,15,17). The van der Waals surface area contributed by atoms with Gasteiger partial charge in [0, 0.05) is 23.7 Å². The van der Waals surface area contributed by atoms with Crippen molar-refractivity contribution in [3.63, 3.8) is 0 Å². The van der Waals surface area contributed by atoms with E-state index < -0.39 is 5.91 Å². The second kappa shape index (κ2) is 5.23. The van der Waals surface area contributed by atoms with Crippen molar-refractivity contribution >= 4 is 11.5 Å². The minimum absolute atomic E-state index is 0.415. The maximum Gasteiger partial charge on any atom is 0.248 e. The van der Waals surface area contributed by atoms with Crippen LogP contribution >= 0.6 is 0 Å². The summed E-state index contributed by atoms with van der Waals surface area (Å²) < 4.78 is 5.36. The Kier molecular flexibility index (Phi) is 3.67. The van der Waals surface area contributed by atoms with E-state index in [0.717, 1.165) is 24.3 Å². The van der Waals surface area contributed by atoms with E-state index in [1.807, 2.05) is 6.07 Å². The van der Waals surface area contributed by atoms with Crippen LogP contribution < -0.4 is 15.8 Å². The molecule has 4 heteroatoms. The van der Waals surface area contributed by atoms with Crippen molar-refractivity contribution in [3.05, 3.63) is 35.4 Å². The molecule has 2 rings (SSSR count). The molecular weight excluding hydrogens is 228 g/mol. The summed E-state index contributed by atoms with van der Waals surface area (Å²) in [6.45, 7) is 2.97. The molecule has 0 radical (unpaired) electrons. The Bertz CT molecular complexity index is 495. The topological polar surface area (TPSA) is 64.3 Å². The smallest absolute Gasteiger partial charge is 0.248 e. The van der Waals surface area contributed by atoms with Crippen LogP contribution in [-0.2, 0) is 0 Å². The number of hydrogen-bond donors (Lipinski definition) is 2. The van der Waals surface area contributed by atoms with Crippen LogP contribution in [0, 0.1) is 0 Å². The molecule has 1 unspecified atom stereocenters. The van der Waals surface area contributed by atoms with Gasteiger partial charge in [-0.3, -0.25) is 4.79 Å². The summed E-state index contributed by atoms with van der Waals surface area (Å²) in [6, 6.07) is 5.72. The fourth-order valence-corrected chi connectivity index (χ4v) is 2.20. The molecule has 1 aliphatic heterocycles. The average Bonchev–Trinajstić information content (AvgIpc) is 2.38. The van der Waals surface area contributed by atoms with E-state index in [4.69, 9.17) is 10.5 Å². The fourth-order valence-electron chi connectivity index (χ4n) is 2.20. The van der Waals surface area contributed by atoms with Crippen LogP contribution in [0.25, 0.3) is 5.57 Å². The average molecular weight is 246 g/mol. The number of benzene rings is 1. The van der Waals surface area contributed by atoms with Gasteiger partial charge in [-0.05, 0) is 37.1 Å². The molecular formula is C14H18N2O2. The molecule has 96 valence electrons. The number of carbonyl (C=O) groups is 1. The molecule has 1 aliphatic rings. The molecule has 18 heavy (non-hydrogen) atoms. The van der Waals surface area contributed by atoms with Gasteiger partial charge in [-0.15, -0.1) is 0 Å². The van der Waals surface area contributed by atoms with E-state index in [0.29, 0.717) is 11.6 Å². The normalized spacial score (nSPS) is 19.2. The molecule has 1 heterocycles. The molecule has 1 aromatic rings. The van der Waals surface area contributed by atoms with E-state index in [9.17, 15) is 4.79 Å². The summed E-state index contributed by atoms with van der Waals surface area (Å²) in [5.41, 5.74) is 7.99. The van der Waals surface area contributed by atoms with E-state index in [1.165, 1.54) is 5.57 Å². The summed E-state index contributed by atoms with van der Waals surface area (Å²) in [5, 5.41) is 3.35. The van der Waals surface area contributed by atoms with Gasteiger partial charge in [0.2, 0.25) is 5.91 Å². The van der Waals surface area contributed by atoms with Crippen LogP contribution in [0.15, 0.2) is 24.3 Å². The van der Waals surface area contributed by atoms with Crippen molar-refractivity contribution in [2.45, 2.75) is 19.4 Å². The highest BCUT2D eigenvalue weighted by Crippen LogP contribution is 2.31. The SMILES string of the molecule is COc1ccc(C(N)=O)cc1C1=CCNC(C)C1. The number of primary amides is 1. The highest BCUT2D eigenvalue weighted by atomic mass is 16.5. The van der Waals surface area contributed by atoms with Crippen molar-refractivity contribution in [2.24, 2.45) is 5.73 Å². The Hall–Kier alpha value is -1.81. The molecule has 0 spiro atoms. The third-order valence-corrected chi connectivity index (χ3v) is 3.17. The van der Waals surface area contributed by atoms with E-state index in [2.05, 4.69) is 18.3 Å². The highest BCUT2D eigenvalue weighted by molar-refractivity contribution is 5.94. The second-order valence-corrected chi connectivity index (χ2v) is 4.52. The number of methoxy groups -OCH3 is 1. The second-order valence-electron chi connectivity index (χ2n) is 4.52. The fraction of sp³-hybridized carbons (Fsp3) is 0.357. The Morgan fingerprint density at radius 1 is 1.50 bits per heavy atom. The van der Waals surface area contributed by atoms with Crippen LogP contribution in [0.3, 0.4) is 0 Å². The largest absolute Gasteiger partial charge is 0.496 e. The summed E-state index contributed by atoms with van der Waals surface area (Å²) in [6.07, 6.45) is 3.04. The number of ether oxygens (including phenoxy) is 1. The molecule has 0 aliphatic carbocycles. The Balaban J connectivity index is 2.43. The molecule has 0 aromatic heterocycles. The first-order valence-electron chi connectivity index (χ1n) is 6.02. The first kappa shape index (κ1) is 12.6. The molecule has 1 atom stereocenters. The van der Waals surface area contributed by atoms with Crippen molar-refractivity contribution in [3.8, 4) is 5.75 Å². The van der Waals surface area contributed by atoms with Crippen molar-refractivity contribution in [1.29, 1.82) is 0 Å². The maximum atomic E-state index is 11.2. The molecule has 4 nitrogen and oxygen atoms in total. The quantitative estimate of drug-likeness (QED) is 0.850. The van der Waals surface area contributed by atoms with Crippen LogP contribution in [0.4, 0.5) is 0 Å². The molecule has 0 saturated heterocycles. The number of amides is 1. The molecule has 0 bridgehead atoms. The van der Waals surface area contributed by atoms with Gasteiger partial charge in [-0.25, -0.2) is 0 Å². The summed E-state index contributed by atoms with van der Waals surface area (Å²) in [4.78, 5) is 11.2. The predicted molar refractivity (Wildman–Crippen MR) is 71.6 cm³/mol. The van der Waals surface area contributed by atoms with Crippen LogP contribution in [0.1, 0.15) is 29.3 Å². The summed E-state index contributed by atoms with van der Waals surface area (Å²) in [5.74, 6) is 0.363. The molecule has 1 aromatic carbocycles. The van der Waals surface area contributed by atoms with E-state index in [-0.39, 0.29) is 0 Å². The zero-order valence-corrected chi connectivity index (χ0v) is 10.7. The van der Waals surface area contributed by atoms with Gasteiger partial charge in [0.25, 0.3) is 0 Å². The number of nitrogens with two attached hydrogens (primary N) is 1. The van der Waals surface area contributed by atoms with Crippen LogP contribution in [0.2, 0.25) is 0 Å². The number of carbonyl (C=O) groups excluding carboxylic acids is 1. The van der Waals surface area contributed by atoms with Gasteiger partial charge < -0.3 is 15.8 Å². The lowest BCUT2D eigenvalue weighted by molar-refractivity contribution is 0.1000. The first-order chi connectivity index (χ1) is 8.61. The molecule has 0 fully saturated rings. The minimum atomic E-state index is -0.415. The van der Waals surface area contributed by atoms with E-state index >= 15 is 0 Å². The molecule has 1 amide bonds. The zero-order chi connectivity index (χ0) is 13.1. The summed E-state index contributed by atoms with van der Waals surface area (Å²) in [7, 11) is 1.63.